The van der Waals surface area contributed by atoms with Crippen LogP contribution in [0.2, 0.25) is 5.02 Å². The van der Waals surface area contributed by atoms with E-state index in [1.165, 1.54) is 20.3 Å². The molecule has 0 N–H and O–H groups in total. The zero-order chi connectivity index (χ0) is 20.8. The van der Waals surface area contributed by atoms with Crippen molar-refractivity contribution < 1.29 is 23.5 Å². The van der Waals surface area contributed by atoms with Gasteiger partial charge in [-0.1, -0.05) is 41.0 Å². The largest absolute Gasteiger partial charge is 0.493 e. The Hall–Kier alpha value is -3.32. The highest BCUT2D eigenvalue weighted by atomic mass is 35.5. The maximum absolute atomic E-state index is 12.0. The van der Waals surface area contributed by atoms with Crippen molar-refractivity contribution >= 4 is 23.6 Å². The number of aryl methyl sites for hydroxylation is 1. The summed E-state index contributed by atoms with van der Waals surface area (Å²) in [5, 5.41) is 4.30. The van der Waals surface area contributed by atoms with E-state index in [0.717, 1.165) is 11.1 Å². The molecule has 1 aromatic heterocycles. The number of aromatic nitrogens is 2. The number of hydrogen-bond acceptors (Lipinski definition) is 7. The molecule has 0 atom stereocenters. The van der Waals surface area contributed by atoms with E-state index in [1.54, 1.807) is 18.2 Å². The number of carbonyl (C=O) groups excluding carboxylic acids is 1. The summed E-state index contributed by atoms with van der Waals surface area (Å²) in [6, 6.07) is 11.0. The topological polar surface area (TPSA) is 83.7 Å². The fourth-order valence-corrected chi connectivity index (χ4v) is 2.92. The second kappa shape index (κ2) is 9.25. The van der Waals surface area contributed by atoms with Crippen LogP contribution < -0.4 is 9.47 Å². The zero-order valence-corrected chi connectivity index (χ0v) is 16.9. The summed E-state index contributed by atoms with van der Waals surface area (Å²) in [6.45, 7) is 1.82. The van der Waals surface area contributed by atoms with E-state index in [0.29, 0.717) is 27.9 Å². The summed E-state index contributed by atoms with van der Waals surface area (Å²) in [5.74, 6) is 0.979. The lowest BCUT2D eigenvalue weighted by Crippen LogP contribution is -2.01. The van der Waals surface area contributed by atoms with E-state index in [-0.39, 0.29) is 12.5 Å². The van der Waals surface area contributed by atoms with Crippen LogP contribution in [0.25, 0.3) is 17.5 Å². The molecule has 2 aromatic carbocycles. The molecule has 0 saturated heterocycles. The summed E-state index contributed by atoms with van der Waals surface area (Å²) in [6.07, 6.45) is 2.83. The van der Waals surface area contributed by atoms with Gasteiger partial charge in [-0.05, 0) is 36.3 Å². The molecule has 0 aliphatic rings. The Bertz CT molecular complexity index is 1050. The Labute approximate surface area is 172 Å². The van der Waals surface area contributed by atoms with Gasteiger partial charge in [-0.15, -0.1) is 0 Å². The van der Waals surface area contributed by atoms with Crippen molar-refractivity contribution in [3.8, 4) is 22.9 Å². The minimum atomic E-state index is -0.563. The number of benzene rings is 2. The summed E-state index contributed by atoms with van der Waals surface area (Å²) < 4.78 is 20.7. The van der Waals surface area contributed by atoms with Crippen molar-refractivity contribution in [3.63, 3.8) is 0 Å². The molecular weight excluding hydrogens is 396 g/mol. The van der Waals surface area contributed by atoms with Crippen molar-refractivity contribution in [2.75, 3.05) is 14.2 Å². The van der Waals surface area contributed by atoms with Gasteiger partial charge < -0.3 is 18.7 Å². The maximum atomic E-state index is 12.0. The number of carbonyl (C=O) groups is 1. The second-order valence-electron chi connectivity index (χ2n) is 6.01. The molecule has 0 amide bonds. The Morgan fingerprint density at radius 1 is 1.21 bits per heavy atom. The normalized spacial score (nSPS) is 10.9. The first-order valence-corrected chi connectivity index (χ1v) is 9.04. The maximum Gasteiger partial charge on any atom is 0.331 e. The van der Waals surface area contributed by atoms with Crippen LogP contribution in [-0.2, 0) is 16.1 Å². The predicted octanol–water partition coefficient (Wildman–Crippen LogP) is 4.47. The van der Waals surface area contributed by atoms with Gasteiger partial charge in [-0.2, -0.15) is 4.98 Å². The third-order valence-corrected chi connectivity index (χ3v) is 4.34. The molecule has 3 rings (SSSR count). The predicted molar refractivity (Wildman–Crippen MR) is 108 cm³/mol. The number of rotatable bonds is 7. The van der Waals surface area contributed by atoms with Gasteiger partial charge in [0.05, 0.1) is 19.2 Å². The average molecular weight is 415 g/mol. The molecule has 29 heavy (non-hydrogen) atoms. The highest BCUT2D eigenvalue weighted by Gasteiger charge is 2.12. The highest BCUT2D eigenvalue weighted by molar-refractivity contribution is 6.32. The third-order valence-electron chi connectivity index (χ3n) is 4.06. The zero-order valence-electron chi connectivity index (χ0n) is 16.1. The second-order valence-corrected chi connectivity index (χ2v) is 6.41. The monoisotopic (exact) mass is 414 g/mol. The first-order chi connectivity index (χ1) is 14.0. The van der Waals surface area contributed by atoms with Crippen LogP contribution in [0.15, 0.2) is 47.0 Å². The van der Waals surface area contributed by atoms with Gasteiger partial charge in [0.15, 0.2) is 18.1 Å². The smallest absolute Gasteiger partial charge is 0.331 e. The van der Waals surface area contributed by atoms with Crippen LogP contribution in [0.1, 0.15) is 17.0 Å². The molecule has 0 unspecified atom stereocenters. The van der Waals surface area contributed by atoms with E-state index in [2.05, 4.69) is 10.1 Å². The van der Waals surface area contributed by atoms with Crippen molar-refractivity contribution in [2.45, 2.75) is 13.5 Å². The molecule has 0 aliphatic heterocycles. The number of esters is 1. The minimum absolute atomic E-state index is 0.130. The standard InChI is InChI=1S/C21H19ClN2O5/c1-13-6-4-5-7-15(13)21-23-18(29-24-21)12-28-19(25)9-8-14-10-16(22)20(27-3)17(11-14)26-2/h4-11H,12H2,1-3H3/b9-8+. The first-order valence-electron chi connectivity index (χ1n) is 8.66. The van der Waals surface area contributed by atoms with Crippen molar-refractivity contribution in [2.24, 2.45) is 0 Å². The number of hydrogen-bond donors (Lipinski definition) is 0. The molecule has 0 bridgehead atoms. The van der Waals surface area contributed by atoms with E-state index in [9.17, 15) is 4.79 Å². The molecule has 0 spiro atoms. The lowest BCUT2D eigenvalue weighted by molar-refractivity contribution is -0.139. The Morgan fingerprint density at radius 2 is 2.00 bits per heavy atom. The summed E-state index contributed by atoms with van der Waals surface area (Å²) in [4.78, 5) is 16.3. The highest BCUT2D eigenvalue weighted by Crippen LogP contribution is 2.36. The minimum Gasteiger partial charge on any atom is -0.493 e. The lowest BCUT2D eigenvalue weighted by Gasteiger charge is -2.10. The Morgan fingerprint density at radius 3 is 2.72 bits per heavy atom. The molecule has 8 heteroatoms. The molecule has 150 valence electrons. The van der Waals surface area contributed by atoms with Crippen molar-refractivity contribution in [1.82, 2.24) is 10.1 Å². The van der Waals surface area contributed by atoms with Gasteiger partial charge in [0, 0.05) is 11.6 Å². The van der Waals surface area contributed by atoms with Gasteiger partial charge in [-0.25, -0.2) is 4.79 Å². The molecule has 0 saturated carbocycles. The fourth-order valence-electron chi connectivity index (χ4n) is 2.63. The van der Waals surface area contributed by atoms with Crippen LogP contribution in [-0.4, -0.2) is 30.3 Å². The van der Waals surface area contributed by atoms with Gasteiger partial charge in [0.25, 0.3) is 5.89 Å². The van der Waals surface area contributed by atoms with Crippen molar-refractivity contribution in [1.29, 1.82) is 0 Å². The van der Waals surface area contributed by atoms with Gasteiger partial charge >= 0.3 is 5.97 Å². The van der Waals surface area contributed by atoms with Crippen LogP contribution in [0.4, 0.5) is 0 Å². The van der Waals surface area contributed by atoms with E-state index in [1.807, 2.05) is 31.2 Å². The molecule has 0 fully saturated rings. The van der Waals surface area contributed by atoms with Crippen LogP contribution in [0.3, 0.4) is 0 Å². The van der Waals surface area contributed by atoms with Gasteiger partial charge in [0.1, 0.15) is 0 Å². The number of nitrogens with zero attached hydrogens (tertiary/aromatic N) is 2. The van der Waals surface area contributed by atoms with Gasteiger partial charge in [-0.3, -0.25) is 0 Å². The average Bonchev–Trinajstić information content (AvgIpc) is 3.19. The molecule has 1 heterocycles. The summed E-state index contributed by atoms with van der Waals surface area (Å²) in [5.41, 5.74) is 2.54. The van der Waals surface area contributed by atoms with E-state index in [4.69, 9.17) is 30.3 Å². The lowest BCUT2D eigenvalue weighted by atomic mass is 10.1. The van der Waals surface area contributed by atoms with Crippen LogP contribution in [0, 0.1) is 6.92 Å². The summed E-state index contributed by atoms with van der Waals surface area (Å²) in [7, 11) is 3.00. The van der Waals surface area contributed by atoms with Crippen LogP contribution in [0.5, 0.6) is 11.5 Å². The molecule has 0 aliphatic carbocycles. The van der Waals surface area contributed by atoms with Crippen molar-refractivity contribution in [3.05, 3.63) is 64.5 Å². The number of ether oxygens (including phenoxy) is 3. The molecule has 7 nitrogen and oxygen atoms in total. The van der Waals surface area contributed by atoms with E-state index < -0.39 is 5.97 Å². The quantitative estimate of drug-likeness (QED) is 0.416. The van der Waals surface area contributed by atoms with E-state index >= 15 is 0 Å². The van der Waals surface area contributed by atoms with Gasteiger partial charge in [0.2, 0.25) is 5.82 Å². The Balaban J connectivity index is 1.62. The third kappa shape index (κ3) is 4.94. The summed E-state index contributed by atoms with van der Waals surface area (Å²) >= 11 is 6.15. The fraction of sp³-hybridized carbons (Fsp3) is 0.190. The number of halogens is 1. The number of methoxy groups -OCH3 is 2. The SMILES string of the molecule is COc1cc(/C=C/C(=O)OCc2nc(-c3ccccc3C)no2)cc(Cl)c1OC. The Kier molecular flexibility index (Phi) is 6.51. The first kappa shape index (κ1) is 20.4. The molecule has 3 aromatic rings. The molecular formula is C21H19ClN2O5. The molecule has 0 radical (unpaired) electrons. The van der Waals surface area contributed by atoms with Crippen LogP contribution >= 0.6 is 11.6 Å².